The molecule has 0 aliphatic carbocycles. The van der Waals surface area contributed by atoms with E-state index in [9.17, 15) is 4.79 Å². The number of amides is 1. The van der Waals surface area contributed by atoms with E-state index in [0.717, 1.165) is 32.5 Å². The van der Waals surface area contributed by atoms with Crippen LogP contribution in [0.4, 0.5) is 0 Å². The summed E-state index contributed by atoms with van der Waals surface area (Å²) in [5.41, 5.74) is 5.75. The van der Waals surface area contributed by atoms with E-state index in [1.54, 1.807) is 0 Å². The zero-order valence-corrected chi connectivity index (χ0v) is 13.6. The van der Waals surface area contributed by atoms with E-state index in [0.29, 0.717) is 0 Å². The van der Waals surface area contributed by atoms with Crippen molar-refractivity contribution in [2.45, 2.75) is 66.5 Å². The van der Waals surface area contributed by atoms with Gasteiger partial charge in [-0.05, 0) is 44.8 Å². The summed E-state index contributed by atoms with van der Waals surface area (Å²) in [6.45, 7) is 15.6. The van der Waals surface area contributed by atoms with Gasteiger partial charge in [0.05, 0.1) is 6.04 Å². The lowest BCUT2D eigenvalue weighted by molar-refractivity contribution is -0.125. The minimum Gasteiger partial charge on any atom is -0.352 e. The SMILES string of the molecule is CCN(CC)CCCC(C)NC(=O)[C@@H](N)C(C)(C)C. The molecule has 4 nitrogen and oxygen atoms in total. The Morgan fingerprint density at radius 3 is 2.21 bits per heavy atom. The van der Waals surface area contributed by atoms with Crippen LogP contribution in [0.15, 0.2) is 0 Å². The number of carbonyl (C=O) groups is 1. The summed E-state index contributed by atoms with van der Waals surface area (Å²) < 4.78 is 0. The molecule has 0 radical (unpaired) electrons. The van der Waals surface area contributed by atoms with Crippen LogP contribution < -0.4 is 11.1 Å². The molecular formula is C15H33N3O. The van der Waals surface area contributed by atoms with Gasteiger partial charge in [-0.2, -0.15) is 0 Å². The predicted molar refractivity (Wildman–Crippen MR) is 82.1 cm³/mol. The number of nitrogens with two attached hydrogens (primary N) is 1. The molecule has 3 N–H and O–H groups in total. The Balaban J connectivity index is 3.98. The first kappa shape index (κ1) is 18.4. The molecule has 0 aromatic rings. The maximum Gasteiger partial charge on any atom is 0.237 e. The molecule has 0 heterocycles. The van der Waals surface area contributed by atoms with E-state index < -0.39 is 6.04 Å². The molecule has 0 bridgehead atoms. The normalized spacial score (nSPS) is 15.4. The van der Waals surface area contributed by atoms with Crippen molar-refractivity contribution < 1.29 is 4.79 Å². The summed E-state index contributed by atoms with van der Waals surface area (Å²) in [7, 11) is 0. The molecule has 1 unspecified atom stereocenters. The monoisotopic (exact) mass is 271 g/mol. The smallest absolute Gasteiger partial charge is 0.237 e. The lowest BCUT2D eigenvalue weighted by Gasteiger charge is -2.27. The van der Waals surface area contributed by atoms with E-state index in [1.165, 1.54) is 0 Å². The van der Waals surface area contributed by atoms with Gasteiger partial charge in [0.1, 0.15) is 0 Å². The third-order valence-electron chi connectivity index (χ3n) is 3.61. The highest BCUT2D eigenvalue weighted by molar-refractivity contribution is 5.82. The van der Waals surface area contributed by atoms with Crippen LogP contribution >= 0.6 is 0 Å². The average Bonchev–Trinajstić information content (AvgIpc) is 2.32. The van der Waals surface area contributed by atoms with Crippen molar-refractivity contribution in [2.75, 3.05) is 19.6 Å². The molecule has 0 aliphatic rings. The Kier molecular flexibility index (Phi) is 8.26. The van der Waals surface area contributed by atoms with Crippen LogP contribution in [0.3, 0.4) is 0 Å². The van der Waals surface area contributed by atoms with Crippen molar-refractivity contribution in [1.82, 2.24) is 10.2 Å². The first-order valence-corrected chi connectivity index (χ1v) is 7.50. The van der Waals surface area contributed by atoms with Gasteiger partial charge in [-0.1, -0.05) is 34.6 Å². The van der Waals surface area contributed by atoms with Crippen LogP contribution in [-0.2, 0) is 4.79 Å². The van der Waals surface area contributed by atoms with Gasteiger partial charge in [0, 0.05) is 6.04 Å². The molecule has 0 aromatic heterocycles. The summed E-state index contributed by atoms with van der Waals surface area (Å²) in [6.07, 6.45) is 2.10. The average molecular weight is 271 g/mol. The van der Waals surface area contributed by atoms with Crippen molar-refractivity contribution in [2.24, 2.45) is 11.1 Å². The standard InChI is InChI=1S/C15H33N3O/c1-7-18(8-2)11-9-10-12(3)17-14(19)13(16)15(4,5)6/h12-13H,7-11,16H2,1-6H3,(H,17,19)/t12?,13-/m1/s1. The Labute approximate surface area is 119 Å². The zero-order valence-electron chi connectivity index (χ0n) is 13.6. The highest BCUT2D eigenvalue weighted by Crippen LogP contribution is 2.17. The molecule has 0 fully saturated rings. The second-order valence-corrected chi connectivity index (χ2v) is 6.42. The number of nitrogens with one attached hydrogen (secondary N) is 1. The molecule has 0 aliphatic heterocycles. The van der Waals surface area contributed by atoms with Gasteiger partial charge in [0.25, 0.3) is 0 Å². The van der Waals surface area contributed by atoms with Crippen molar-refractivity contribution in [3.8, 4) is 0 Å². The Morgan fingerprint density at radius 2 is 1.79 bits per heavy atom. The fourth-order valence-corrected chi connectivity index (χ4v) is 1.96. The minimum absolute atomic E-state index is 0.0390. The van der Waals surface area contributed by atoms with Crippen molar-refractivity contribution in [3.63, 3.8) is 0 Å². The summed E-state index contributed by atoms with van der Waals surface area (Å²) in [5, 5.41) is 3.01. The van der Waals surface area contributed by atoms with Crippen LogP contribution in [0.1, 0.15) is 54.4 Å². The second-order valence-electron chi connectivity index (χ2n) is 6.42. The summed E-state index contributed by atoms with van der Waals surface area (Å²) in [5.74, 6) is -0.0390. The van der Waals surface area contributed by atoms with Gasteiger partial charge < -0.3 is 16.0 Å². The molecule has 0 saturated heterocycles. The lowest BCUT2D eigenvalue weighted by atomic mass is 9.87. The topological polar surface area (TPSA) is 58.4 Å². The van der Waals surface area contributed by atoms with Crippen LogP contribution in [-0.4, -0.2) is 42.5 Å². The number of carbonyl (C=O) groups excluding carboxylic acids is 1. The van der Waals surface area contributed by atoms with E-state index >= 15 is 0 Å². The molecular weight excluding hydrogens is 238 g/mol. The van der Waals surface area contributed by atoms with E-state index in [-0.39, 0.29) is 17.4 Å². The Morgan fingerprint density at radius 1 is 1.26 bits per heavy atom. The van der Waals surface area contributed by atoms with Crippen molar-refractivity contribution >= 4 is 5.91 Å². The van der Waals surface area contributed by atoms with E-state index in [4.69, 9.17) is 5.73 Å². The molecule has 0 aromatic carbocycles. The predicted octanol–water partition coefficient (Wildman–Crippen LogP) is 1.99. The van der Waals surface area contributed by atoms with Gasteiger partial charge in [-0.3, -0.25) is 4.79 Å². The number of rotatable bonds is 8. The molecule has 1 amide bonds. The van der Waals surface area contributed by atoms with Gasteiger partial charge in [-0.15, -0.1) is 0 Å². The lowest BCUT2D eigenvalue weighted by Crippen LogP contribution is -2.50. The second kappa shape index (κ2) is 8.54. The fraction of sp³-hybridized carbons (Fsp3) is 0.933. The largest absolute Gasteiger partial charge is 0.352 e. The highest BCUT2D eigenvalue weighted by Gasteiger charge is 2.27. The molecule has 19 heavy (non-hydrogen) atoms. The summed E-state index contributed by atoms with van der Waals surface area (Å²) in [6, 6.07) is -0.255. The maximum absolute atomic E-state index is 12.0. The van der Waals surface area contributed by atoms with Gasteiger partial charge in [0.2, 0.25) is 5.91 Å². The summed E-state index contributed by atoms with van der Waals surface area (Å²) in [4.78, 5) is 14.4. The zero-order chi connectivity index (χ0) is 15.1. The van der Waals surface area contributed by atoms with Crippen LogP contribution in [0, 0.1) is 5.41 Å². The molecule has 0 spiro atoms. The molecule has 0 rings (SSSR count). The van der Waals surface area contributed by atoms with Crippen LogP contribution in [0.25, 0.3) is 0 Å². The van der Waals surface area contributed by atoms with Gasteiger partial charge >= 0.3 is 0 Å². The van der Waals surface area contributed by atoms with E-state index in [1.807, 2.05) is 20.8 Å². The van der Waals surface area contributed by atoms with Gasteiger partial charge in [0.15, 0.2) is 0 Å². The molecule has 2 atom stereocenters. The third-order valence-corrected chi connectivity index (χ3v) is 3.61. The Bertz CT molecular complexity index is 257. The number of hydrogen-bond acceptors (Lipinski definition) is 3. The number of nitrogens with zero attached hydrogens (tertiary/aromatic N) is 1. The number of hydrogen-bond donors (Lipinski definition) is 2. The highest BCUT2D eigenvalue weighted by atomic mass is 16.2. The first-order valence-electron chi connectivity index (χ1n) is 7.50. The van der Waals surface area contributed by atoms with E-state index in [2.05, 4.69) is 31.0 Å². The summed E-state index contributed by atoms with van der Waals surface area (Å²) >= 11 is 0. The molecule has 0 saturated carbocycles. The fourth-order valence-electron chi connectivity index (χ4n) is 1.96. The quantitative estimate of drug-likeness (QED) is 0.710. The van der Waals surface area contributed by atoms with Crippen LogP contribution in [0.5, 0.6) is 0 Å². The van der Waals surface area contributed by atoms with Crippen molar-refractivity contribution in [3.05, 3.63) is 0 Å². The van der Waals surface area contributed by atoms with Crippen molar-refractivity contribution in [1.29, 1.82) is 0 Å². The maximum atomic E-state index is 12.0. The molecule has 114 valence electrons. The van der Waals surface area contributed by atoms with Crippen LogP contribution in [0.2, 0.25) is 0 Å². The minimum atomic E-state index is -0.447. The third kappa shape index (κ3) is 7.53. The van der Waals surface area contributed by atoms with Gasteiger partial charge in [-0.25, -0.2) is 0 Å². The molecule has 4 heteroatoms. The first-order chi connectivity index (χ1) is 8.72. The Hall–Kier alpha value is -0.610.